The van der Waals surface area contributed by atoms with E-state index in [1.54, 1.807) is 36.8 Å². The van der Waals surface area contributed by atoms with E-state index in [2.05, 4.69) is 47.6 Å². The Bertz CT molecular complexity index is 1190. The lowest BCUT2D eigenvalue weighted by Crippen LogP contribution is -2.47. The van der Waals surface area contributed by atoms with Gasteiger partial charge in [-0.2, -0.15) is 0 Å². The first kappa shape index (κ1) is 23.3. The zero-order valence-corrected chi connectivity index (χ0v) is 20.1. The van der Waals surface area contributed by atoms with Crippen LogP contribution in [0.1, 0.15) is 23.2 Å². The maximum absolute atomic E-state index is 13.1. The molecule has 0 radical (unpaired) electrons. The van der Waals surface area contributed by atoms with E-state index in [1.807, 2.05) is 0 Å². The Hall–Kier alpha value is -3.48. The summed E-state index contributed by atoms with van der Waals surface area (Å²) < 4.78 is 5.88. The van der Waals surface area contributed by atoms with Crippen LogP contribution < -0.4 is 15.4 Å². The van der Waals surface area contributed by atoms with Crippen LogP contribution in [0.4, 0.5) is 10.8 Å². The third-order valence-corrected chi connectivity index (χ3v) is 6.59. The van der Waals surface area contributed by atoms with Gasteiger partial charge in [0.15, 0.2) is 5.01 Å². The van der Waals surface area contributed by atoms with Gasteiger partial charge in [0.05, 0.1) is 30.1 Å². The van der Waals surface area contributed by atoms with Crippen molar-refractivity contribution in [3.8, 4) is 16.5 Å². The van der Waals surface area contributed by atoms with Crippen LogP contribution in [0.2, 0.25) is 0 Å². The van der Waals surface area contributed by atoms with Crippen molar-refractivity contribution < 1.29 is 14.3 Å². The van der Waals surface area contributed by atoms with Gasteiger partial charge in [0, 0.05) is 44.6 Å². The van der Waals surface area contributed by atoms with Crippen molar-refractivity contribution in [3.63, 3.8) is 0 Å². The lowest BCUT2D eigenvalue weighted by Gasteiger charge is -2.31. The van der Waals surface area contributed by atoms with E-state index in [9.17, 15) is 9.59 Å². The number of hydrogen-bond acceptors (Lipinski definition) is 10. The van der Waals surface area contributed by atoms with E-state index in [0.717, 1.165) is 39.0 Å². The highest BCUT2D eigenvalue weighted by Gasteiger charge is 2.25. The SMILES string of the molecule is CN1CCN(CC(=O)Nc2cc(OC3CC3)ccc2C(=O)Nc2nnc(-c3cnccn3)s2)CC1. The quantitative estimate of drug-likeness (QED) is 0.483. The molecule has 2 aromatic heterocycles. The number of nitrogens with one attached hydrogen (secondary N) is 2. The van der Waals surface area contributed by atoms with Crippen molar-refractivity contribution in [2.75, 3.05) is 50.4 Å². The Labute approximate surface area is 206 Å². The third-order valence-electron chi connectivity index (χ3n) is 5.73. The second kappa shape index (κ2) is 10.4. The van der Waals surface area contributed by atoms with Gasteiger partial charge in [-0.3, -0.25) is 29.8 Å². The molecule has 1 saturated heterocycles. The average Bonchev–Trinajstić information content (AvgIpc) is 3.55. The normalized spacial score (nSPS) is 16.6. The molecule has 1 aromatic carbocycles. The van der Waals surface area contributed by atoms with E-state index >= 15 is 0 Å². The monoisotopic (exact) mass is 494 g/mol. The van der Waals surface area contributed by atoms with Gasteiger partial charge in [0.1, 0.15) is 11.4 Å². The van der Waals surface area contributed by atoms with Crippen LogP contribution >= 0.6 is 11.3 Å². The molecule has 0 unspecified atom stereocenters. The van der Waals surface area contributed by atoms with Gasteiger partial charge in [-0.25, -0.2) is 0 Å². The van der Waals surface area contributed by atoms with Crippen LogP contribution in [0.5, 0.6) is 5.75 Å². The molecule has 0 spiro atoms. The molecule has 2 fully saturated rings. The number of hydrogen-bond donors (Lipinski definition) is 2. The molecule has 182 valence electrons. The molecule has 2 amide bonds. The maximum atomic E-state index is 13.1. The van der Waals surface area contributed by atoms with Crippen LogP contribution in [0.25, 0.3) is 10.7 Å². The maximum Gasteiger partial charge on any atom is 0.259 e. The second-order valence-electron chi connectivity index (χ2n) is 8.61. The summed E-state index contributed by atoms with van der Waals surface area (Å²) in [5.41, 5.74) is 1.29. The summed E-state index contributed by atoms with van der Waals surface area (Å²) in [6.07, 6.45) is 6.95. The van der Waals surface area contributed by atoms with E-state index in [0.29, 0.717) is 32.8 Å². The van der Waals surface area contributed by atoms with Gasteiger partial charge >= 0.3 is 0 Å². The van der Waals surface area contributed by atoms with Crippen molar-refractivity contribution in [3.05, 3.63) is 42.4 Å². The van der Waals surface area contributed by atoms with Crippen LogP contribution in [0, 0.1) is 0 Å². The molecule has 11 nitrogen and oxygen atoms in total. The van der Waals surface area contributed by atoms with E-state index in [4.69, 9.17) is 4.74 Å². The molecule has 3 heterocycles. The fourth-order valence-electron chi connectivity index (χ4n) is 3.63. The standard InChI is InChI=1S/C23H26N8O3S/c1-30-8-10-31(11-9-30)14-20(32)26-18-12-16(34-15-2-3-15)4-5-17(18)21(33)27-23-29-28-22(35-23)19-13-24-6-7-25-19/h4-7,12-13,15H,2-3,8-11,14H2,1H3,(H,26,32)(H,27,29,33). The highest BCUT2D eigenvalue weighted by atomic mass is 32.1. The first-order chi connectivity index (χ1) is 17.0. The zero-order chi connectivity index (χ0) is 24.2. The number of nitrogens with zero attached hydrogens (tertiary/aromatic N) is 6. The van der Waals surface area contributed by atoms with E-state index in [1.165, 1.54) is 11.3 Å². The summed E-state index contributed by atoms with van der Waals surface area (Å²) in [5, 5.41) is 14.7. The molecule has 5 rings (SSSR count). The summed E-state index contributed by atoms with van der Waals surface area (Å²) in [7, 11) is 2.07. The van der Waals surface area contributed by atoms with Gasteiger partial charge < -0.3 is 15.0 Å². The topological polar surface area (TPSA) is 125 Å². The molecule has 0 bridgehead atoms. The van der Waals surface area contributed by atoms with Gasteiger partial charge in [-0.1, -0.05) is 11.3 Å². The Morgan fingerprint density at radius 2 is 1.94 bits per heavy atom. The molecule has 12 heteroatoms. The van der Waals surface area contributed by atoms with Crippen molar-refractivity contribution in [1.82, 2.24) is 30.0 Å². The van der Waals surface area contributed by atoms with Crippen LogP contribution in [-0.4, -0.2) is 87.7 Å². The minimum Gasteiger partial charge on any atom is -0.490 e. The largest absolute Gasteiger partial charge is 0.490 e. The molecule has 0 atom stereocenters. The lowest BCUT2D eigenvalue weighted by molar-refractivity contribution is -0.117. The molecular formula is C23H26N8O3S. The molecule has 35 heavy (non-hydrogen) atoms. The summed E-state index contributed by atoms with van der Waals surface area (Å²) in [6.45, 7) is 3.76. The first-order valence-corrected chi connectivity index (χ1v) is 12.3. The van der Waals surface area contributed by atoms with Gasteiger partial charge in [0.25, 0.3) is 5.91 Å². The predicted octanol–water partition coefficient (Wildman–Crippen LogP) is 1.97. The number of benzene rings is 1. The number of amides is 2. The highest BCUT2D eigenvalue weighted by molar-refractivity contribution is 7.18. The molecule has 1 aliphatic heterocycles. The molecule has 1 aliphatic carbocycles. The molecule has 3 aromatic rings. The number of carbonyl (C=O) groups is 2. The van der Waals surface area contributed by atoms with Crippen LogP contribution in [-0.2, 0) is 4.79 Å². The molecule has 2 N–H and O–H groups in total. The highest BCUT2D eigenvalue weighted by Crippen LogP contribution is 2.31. The summed E-state index contributed by atoms with van der Waals surface area (Å²) in [4.78, 5) is 38.5. The lowest BCUT2D eigenvalue weighted by atomic mass is 10.1. The fourth-order valence-corrected chi connectivity index (χ4v) is 4.33. The van der Waals surface area contributed by atoms with Gasteiger partial charge in [0.2, 0.25) is 11.0 Å². The minimum atomic E-state index is -0.403. The minimum absolute atomic E-state index is 0.173. The van der Waals surface area contributed by atoms with Crippen molar-refractivity contribution >= 4 is 34.0 Å². The zero-order valence-electron chi connectivity index (χ0n) is 19.3. The number of carbonyl (C=O) groups excluding carboxylic acids is 2. The van der Waals surface area contributed by atoms with Crippen molar-refractivity contribution in [2.24, 2.45) is 0 Å². The van der Waals surface area contributed by atoms with E-state index in [-0.39, 0.29) is 18.6 Å². The Balaban J connectivity index is 1.30. The number of piperazine rings is 1. The number of aromatic nitrogens is 4. The molecule has 1 saturated carbocycles. The second-order valence-corrected chi connectivity index (χ2v) is 9.59. The Morgan fingerprint density at radius 3 is 2.69 bits per heavy atom. The number of ether oxygens (including phenoxy) is 1. The third kappa shape index (κ3) is 6.15. The van der Waals surface area contributed by atoms with Gasteiger partial charge in [-0.15, -0.1) is 10.2 Å². The van der Waals surface area contributed by atoms with Crippen LogP contribution in [0.3, 0.4) is 0 Å². The number of likely N-dealkylation sites (N-methyl/N-ethyl adjacent to an activating group) is 1. The van der Waals surface area contributed by atoms with Gasteiger partial charge in [-0.05, 0) is 32.0 Å². The average molecular weight is 495 g/mol. The van der Waals surface area contributed by atoms with Crippen molar-refractivity contribution in [1.29, 1.82) is 0 Å². The predicted molar refractivity (Wildman–Crippen MR) is 132 cm³/mol. The first-order valence-electron chi connectivity index (χ1n) is 11.5. The molecule has 2 aliphatic rings. The summed E-state index contributed by atoms with van der Waals surface area (Å²) in [5.74, 6) is 0.0487. The Kier molecular flexibility index (Phi) is 6.93. The fraction of sp³-hybridized carbons (Fsp3) is 0.391. The number of anilines is 2. The van der Waals surface area contributed by atoms with Crippen molar-refractivity contribution in [2.45, 2.75) is 18.9 Å². The summed E-state index contributed by atoms with van der Waals surface area (Å²) in [6, 6.07) is 5.11. The smallest absolute Gasteiger partial charge is 0.259 e. The molecular weight excluding hydrogens is 468 g/mol. The number of rotatable bonds is 8. The van der Waals surface area contributed by atoms with Crippen LogP contribution in [0.15, 0.2) is 36.8 Å². The summed E-state index contributed by atoms with van der Waals surface area (Å²) >= 11 is 1.19. The Morgan fingerprint density at radius 1 is 1.11 bits per heavy atom. The van der Waals surface area contributed by atoms with E-state index < -0.39 is 5.91 Å².